The Balaban J connectivity index is 3.26. The summed E-state index contributed by atoms with van der Waals surface area (Å²) < 4.78 is 55.4. The Morgan fingerprint density at radius 2 is 1.59 bits per heavy atom. The molecule has 1 aromatic rings. The van der Waals surface area contributed by atoms with Gasteiger partial charge >= 0.3 is 0 Å². The number of hydrogen-bond acceptors (Lipinski definition) is 1. The molecule has 0 radical (unpaired) electrons. The smallest absolute Gasteiger partial charge is 0.170 e. The highest BCUT2D eigenvalue weighted by atomic mass is 19.2. The first-order valence-electron chi connectivity index (χ1n) is 7.18. The standard InChI is InChI=1S/C17H21F4N/c1-10(2)7-5-6-8-12(9-22-4)13-16(20)14(18)11(3)15(19)17(13)21/h6,8-10,22H,5,7H2,1-4H3/b8-6-,12-9+. The predicted molar refractivity (Wildman–Crippen MR) is 81.3 cm³/mol. The normalized spacial score (nSPS) is 12.5. The van der Waals surface area contributed by atoms with Gasteiger partial charge in [0, 0.05) is 24.4 Å². The van der Waals surface area contributed by atoms with Crippen LogP contribution in [0.1, 0.15) is 37.8 Å². The first-order chi connectivity index (χ1) is 10.3. The molecule has 0 fully saturated rings. The summed E-state index contributed by atoms with van der Waals surface area (Å²) in [4.78, 5) is 0. The third-order valence-electron chi connectivity index (χ3n) is 3.28. The van der Waals surface area contributed by atoms with E-state index in [0.29, 0.717) is 12.3 Å². The maximum atomic E-state index is 14.0. The highest BCUT2D eigenvalue weighted by Gasteiger charge is 2.24. The summed E-state index contributed by atoms with van der Waals surface area (Å²) in [7, 11) is 1.54. The Kier molecular flexibility index (Phi) is 6.65. The number of halogens is 4. The molecule has 1 rings (SSSR count). The number of nitrogens with one attached hydrogen (secondary N) is 1. The van der Waals surface area contributed by atoms with Crippen LogP contribution in [0.5, 0.6) is 0 Å². The lowest BCUT2D eigenvalue weighted by Crippen LogP contribution is -2.07. The van der Waals surface area contributed by atoms with Gasteiger partial charge in [-0.1, -0.05) is 26.0 Å². The third kappa shape index (κ3) is 4.12. The zero-order valence-electron chi connectivity index (χ0n) is 13.2. The van der Waals surface area contributed by atoms with E-state index in [-0.39, 0.29) is 5.57 Å². The van der Waals surface area contributed by atoms with Gasteiger partial charge in [0.15, 0.2) is 23.3 Å². The van der Waals surface area contributed by atoms with Crippen molar-refractivity contribution in [3.05, 3.63) is 52.7 Å². The average molecular weight is 315 g/mol. The molecule has 0 amide bonds. The topological polar surface area (TPSA) is 12.0 Å². The molecule has 0 spiro atoms. The van der Waals surface area contributed by atoms with Gasteiger partial charge in [-0.15, -0.1) is 0 Å². The number of rotatable bonds is 6. The van der Waals surface area contributed by atoms with Gasteiger partial charge in [0.2, 0.25) is 0 Å². The lowest BCUT2D eigenvalue weighted by Gasteiger charge is -2.11. The molecule has 0 saturated heterocycles. The second kappa shape index (κ2) is 8.01. The molecule has 1 N–H and O–H groups in total. The van der Waals surface area contributed by atoms with Crippen molar-refractivity contribution in [3.63, 3.8) is 0 Å². The van der Waals surface area contributed by atoms with Crippen molar-refractivity contribution in [1.29, 1.82) is 0 Å². The maximum Gasteiger partial charge on any atom is 0.170 e. The van der Waals surface area contributed by atoms with Crippen molar-refractivity contribution in [1.82, 2.24) is 5.32 Å². The van der Waals surface area contributed by atoms with Crippen molar-refractivity contribution in [2.45, 2.75) is 33.6 Å². The van der Waals surface area contributed by atoms with Gasteiger partial charge in [0.25, 0.3) is 0 Å². The first kappa shape index (κ1) is 18.3. The quantitative estimate of drug-likeness (QED) is 0.437. The molecule has 0 aliphatic heterocycles. The number of hydrogen-bond donors (Lipinski definition) is 1. The van der Waals surface area contributed by atoms with Crippen LogP contribution < -0.4 is 5.32 Å². The summed E-state index contributed by atoms with van der Waals surface area (Å²) in [6.45, 7) is 5.12. The van der Waals surface area contributed by atoms with E-state index in [9.17, 15) is 17.6 Å². The summed E-state index contributed by atoms with van der Waals surface area (Å²) >= 11 is 0. The van der Waals surface area contributed by atoms with Crippen molar-refractivity contribution in [3.8, 4) is 0 Å². The molecular weight excluding hydrogens is 294 g/mol. The SMILES string of the molecule is CN/C=C(\C=C/CCC(C)C)c1c(F)c(F)c(C)c(F)c1F. The largest absolute Gasteiger partial charge is 0.393 e. The second-order valence-corrected chi connectivity index (χ2v) is 5.52. The van der Waals surface area contributed by atoms with E-state index in [1.165, 1.54) is 12.3 Å². The highest BCUT2D eigenvalue weighted by Crippen LogP contribution is 2.29. The lowest BCUT2D eigenvalue weighted by molar-refractivity contribution is 0.442. The van der Waals surface area contributed by atoms with E-state index in [2.05, 4.69) is 19.2 Å². The molecule has 0 unspecified atom stereocenters. The molecule has 22 heavy (non-hydrogen) atoms. The molecule has 5 heteroatoms. The van der Waals surface area contributed by atoms with Gasteiger partial charge in [0.1, 0.15) is 0 Å². The minimum atomic E-state index is -1.38. The van der Waals surface area contributed by atoms with E-state index in [1.54, 1.807) is 13.1 Å². The summed E-state index contributed by atoms with van der Waals surface area (Å²) in [5.74, 6) is -5.01. The van der Waals surface area contributed by atoms with Gasteiger partial charge in [-0.3, -0.25) is 0 Å². The molecule has 122 valence electrons. The van der Waals surface area contributed by atoms with Gasteiger partial charge in [-0.25, -0.2) is 17.6 Å². The molecule has 0 aliphatic rings. The fourth-order valence-electron chi connectivity index (χ4n) is 1.99. The first-order valence-corrected chi connectivity index (χ1v) is 7.18. The van der Waals surface area contributed by atoms with Gasteiger partial charge in [-0.2, -0.15) is 0 Å². The van der Waals surface area contributed by atoms with Crippen molar-refractivity contribution < 1.29 is 17.6 Å². The minimum absolute atomic E-state index is 0.0547. The monoisotopic (exact) mass is 315 g/mol. The van der Waals surface area contributed by atoms with Crippen LogP contribution in [0.15, 0.2) is 18.4 Å². The molecule has 1 aromatic carbocycles. The van der Waals surface area contributed by atoms with E-state index in [0.717, 1.165) is 13.3 Å². The van der Waals surface area contributed by atoms with Crippen molar-refractivity contribution >= 4 is 5.57 Å². The summed E-state index contributed by atoms with van der Waals surface area (Å²) in [5, 5.41) is 2.63. The van der Waals surface area contributed by atoms with Crippen LogP contribution in [0.2, 0.25) is 0 Å². The van der Waals surface area contributed by atoms with Crippen LogP contribution >= 0.6 is 0 Å². The van der Waals surface area contributed by atoms with Crippen LogP contribution in [0, 0.1) is 36.1 Å². The van der Waals surface area contributed by atoms with Gasteiger partial charge in [-0.05, 0) is 25.7 Å². The summed E-state index contributed by atoms with van der Waals surface area (Å²) in [6.07, 6.45) is 6.12. The van der Waals surface area contributed by atoms with E-state index < -0.39 is 34.4 Å². The fourth-order valence-corrected chi connectivity index (χ4v) is 1.99. The van der Waals surface area contributed by atoms with Crippen LogP contribution in [-0.4, -0.2) is 7.05 Å². The Hall–Kier alpha value is -1.78. The minimum Gasteiger partial charge on any atom is -0.393 e. The van der Waals surface area contributed by atoms with E-state index >= 15 is 0 Å². The Morgan fingerprint density at radius 1 is 1.05 bits per heavy atom. The average Bonchev–Trinajstić information content (AvgIpc) is 2.47. The Bertz CT molecular complexity index is 560. The molecule has 1 nitrogen and oxygen atoms in total. The summed E-state index contributed by atoms with van der Waals surface area (Å²) in [5.41, 5.74) is -1.30. The molecule has 0 aliphatic carbocycles. The Labute approximate surface area is 128 Å². The third-order valence-corrected chi connectivity index (χ3v) is 3.28. The van der Waals surface area contributed by atoms with Gasteiger partial charge < -0.3 is 5.32 Å². The highest BCUT2D eigenvalue weighted by molar-refractivity contribution is 5.74. The number of benzene rings is 1. The van der Waals surface area contributed by atoms with Crippen LogP contribution in [0.3, 0.4) is 0 Å². The van der Waals surface area contributed by atoms with E-state index in [4.69, 9.17) is 0 Å². The van der Waals surface area contributed by atoms with Gasteiger partial charge in [0.05, 0.1) is 5.56 Å². The zero-order valence-corrected chi connectivity index (χ0v) is 13.2. The van der Waals surface area contributed by atoms with Crippen LogP contribution in [0.25, 0.3) is 5.57 Å². The molecular formula is C17H21F4N. The maximum absolute atomic E-state index is 14.0. The lowest BCUT2D eigenvalue weighted by atomic mass is 10.0. The molecule has 0 heterocycles. The molecule has 0 saturated carbocycles. The van der Waals surface area contributed by atoms with E-state index in [1.807, 2.05) is 0 Å². The molecule has 0 aromatic heterocycles. The fraction of sp³-hybridized carbons (Fsp3) is 0.412. The Morgan fingerprint density at radius 3 is 2.05 bits per heavy atom. The second-order valence-electron chi connectivity index (χ2n) is 5.52. The number of allylic oxidation sites excluding steroid dienone is 3. The van der Waals surface area contributed by atoms with Crippen molar-refractivity contribution in [2.24, 2.45) is 5.92 Å². The molecule has 0 atom stereocenters. The predicted octanol–water partition coefficient (Wildman–Crippen LogP) is 5.10. The van der Waals surface area contributed by atoms with Crippen LogP contribution in [0.4, 0.5) is 17.6 Å². The van der Waals surface area contributed by atoms with Crippen molar-refractivity contribution in [2.75, 3.05) is 7.05 Å². The molecule has 0 bridgehead atoms. The van der Waals surface area contributed by atoms with Crippen LogP contribution in [-0.2, 0) is 0 Å². The zero-order chi connectivity index (χ0) is 16.9. The summed E-state index contributed by atoms with van der Waals surface area (Å²) in [6, 6.07) is 0.